The molecule has 1 aliphatic rings. The Balaban J connectivity index is 2.05. The molecule has 0 unspecified atom stereocenters. The van der Waals surface area contributed by atoms with E-state index in [-0.39, 0.29) is 0 Å². The lowest BCUT2D eigenvalue weighted by molar-refractivity contribution is 0.313. The van der Waals surface area contributed by atoms with Gasteiger partial charge in [0.05, 0.1) is 9.50 Å². The van der Waals surface area contributed by atoms with Crippen molar-refractivity contribution in [2.75, 3.05) is 11.9 Å². The molecule has 0 aliphatic heterocycles. The van der Waals surface area contributed by atoms with Crippen LogP contribution in [0.4, 0.5) is 5.82 Å². The fourth-order valence-corrected chi connectivity index (χ4v) is 3.70. The van der Waals surface area contributed by atoms with Crippen molar-refractivity contribution in [2.45, 2.75) is 45.1 Å². The first-order chi connectivity index (χ1) is 8.61. The zero-order chi connectivity index (χ0) is 13.1. The second-order valence-corrected chi connectivity index (χ2v) is 6.44. The molecule has 2 rings (SSSR count). The maximum atomic E-state index is 5.93. The van der Waals surface area contributed by atoms with E-state index in [1.807, 2.05) is 6.07 Å². The highest BCUT2D eigenvalue weighted by molar-refractivity contribution is 9.10. The Morgan fingerprint density at radius 1 is 1.39 bits per heavy atom. The highest BCUT2D eigenvalue weighted by Crippen LogP contribution is 2.33. The normalized spacial score (nSPS) is 24.0. The monoisotopic (exact) mass is 330 g/mol. The fraction of sp³-hybridized carbons (Fsp3) is 0.643. The van der Waals surface area contributed by atoms with Crippen molar-refractivity contribution < 1.29 is 0 Å². The van der Waals surface area contributed by atoms with Crippen molar-refractivity contribution in [1.29, 1.82) is 0 Å². The highest BCUT2D eigenvalue weighted by Gasteiger charge is 2.24. The minimum atomic E-state index is 0.609. The Labute approximate surface area is 123 Å². The summed E-state index contributed by atoms with van der Waals surface area (Å²) < 4.78 is 0.982. The third kappa shape index (κ3) is 3.18. The third-order valence-corrected chi connectivity index (χ3v) is 4.85. The van der Waals surface area contributed by atoms with Crippen LogP contribution in [0.5, 0.6) is 0 Å². The van der Waals surface area contributed by atoms with Gasteiger partial charge in [-0.2, -0.15) is 0 Å². The Morgan fingerprint density at radius 3 is 2.61 bits per heavy atom. The zero-order valence-electron chi connectivity index (χ0n) is 11.0. The fourth-order valence-electron chi connectivity index (χ4n) is 2.78. The van der Waals surface area contributed by atoms with Gasteiger partial charge in [-0.05, 0) is 53.6 Å². The summed E-state index contributed by atoms with van der Waals surface area (Å²) in [5, 5.41) is 0.675. The maximum Gasteiger partial charge on any atom is 0.142 e. The minimum absolute atomic E-state index is 0.609. The Kier molecular flexibility index (Phi) is 4.91. The van der Waals surface area contributed by atoms with E-state index in [1.165, 1.54) is 32.1 Å². The van der Waals surface area contributed by atoms with Crippen molar-refractivity contribution in [3.05, 3.63) is 21.8 Å². The highest BCUT2D eigenvalue weighted by atomic mass is 79.9. The van der Waals surface area contributed by atoms with Crippen LogP contribution < -0.4 is 4.90 Å². The van der Waals surface area contributed by atoms with Crippen LogP contribution in [-0.4, -0.2) is 18.1 Å². The molecule has 0 aromatic carbocycles. The van der Waals surface area contributed by atoms with Gasteiger partial charge in [0.2, 0.25) is 0 Å². The number of rotatable bonds is 3. The van der Waals surface area contributed by atoms with E-state index < -0.39 is 0 Å². The van der Waals surface area contributed by atoms with E-state index in [1.54, 1.807) is 6.20 Å². The van der Waals surface area contributed by atoms with Crippen LogP contribution in [0.25, 0.3) is 0 Å². The molecule has 1 aromatic rings. The Morgan fingerprint density at radius 2 is 2.06 bits per heavy atom. The summed E-state index contributed by atoms with van der Waals surface area (Å²) in [6, 6.07) is 2.52. The van der Waals surface area contributed by atoms with Gasteiger partial charge < -0.3 is 4.90 Å². The van der Waals surface area contributed by atoms with E-state index in [0.717, 1.165) is 16.2 Å². The number of aromatic nitrogens is 1. The van der Waals surface area contributed by atoms with E-state index in [9.17, 15) is 0 Å². The van der Waals surface area contributed by atoms with Crippen LogP contribution in [0, 0.1) is 5.92 Å². The summed E-state index contributed by atoms with van der Waals surface area (Å²) in [7, 11) is 2.14. The molecule has 0 atom stereocenters. The second kappa shape index (κ2) is 6.25. The van der Waals surface area contributed by atoms with Crippen molar-refractivity contribution in [3.8, 4) is 0 Å². The summed E-state index contributed by atoms with van der Waals surface area (Å²) in [6.45, 7) is 2.30. The molecule has 4 heteroatoms. The largest absolute Gasteiger partial charge is 0.356 e. The number of hydrogen-bond acceptors (Lipinski definition) is 2. The molecule has 0 bridgehead atoms. The molecule has 0 saturated heterocycles. The van der Waals surface area contributed by atoms with Crippen molar-refractivity contribution in [1.82, 2.24) is 4.98 Å². The first-order valence-electron chi connectivity index (χ1n) is 6.65. The second-order valence-electron chi connectivity index (χ2n) is 5.15. The topological polar surface area (TPSA) is 16.1 Å². The molecule has 1 saturated carbocycles. The van der Waals surface area contributed by atoms with Gasteiger partial charge in [-0.15, -0.1) is 0 Å². The minimum Gasteiger partial charge on any atom is -0.356 e. The van der Waals surface area contributed by atoms with Crippen LogP contribution in [-0.2, 0) is 0 Å². The molecule has 0 spiro atoms. The van der Waals surface area contributed by atoms with Crippen molar-refractivity contribution in [2.24, 2.45) is 5.92 Å². The van der Waals surface area contributed by atoms with E-state index in [2.05, 4.69) is 39.8 Å². The van der Waals surface area contributed by atoms with Gasteiger partial charge in [0, 0.05) is 19.3 Å². The van der Waals surface area contributed by atoms with Gasteiger partial charge >= 0.3 is 0 Å². The van der Waals surface area contributed by atoms with Gasteiger partial charge in [0.15, 0.2) is 0 Å². The molecule has 0 N–H and O–H groups in total. The number of hydrogen-bond donors (Lipinski definition) is 0. The molecule has 2 nitrogen and oxygen atoms in total. The van der Waals surface area contributed by atoms with Gasteiger partial charge in [-0.1, -0.05) is 24.9 Å². The van der Waals surface area contributed by atoms with Gasteiger partial charge in [0.1, 0.15) is 5.82 Å². The molecule has 1 aliphatic carbocycles. The lowest BCUT2D eigenvalue weighted by atomic mass is 9.84. The number of halogens is 2. The Hall–Kier alpha value is -0.280. The summed E-state index contributed by atoms with van der Waals surface area (Å²) in [6.07, 6.45) is 8.26. The first kappa shape index (κ1) is 14.1. The summed E-state index contributed by atoms with van der Waals surface area (Å²) in [5.74, 6) is 1.93. The molecule has 0 radical (unpaired) electrons. The average molecular weight is 332 g/mol. The molecular formula is C14H20BrClN2. The number of pyridine rings is 1. The summed E-state index contributed by atoms with van der Waals surface area (Å²) in [5.41, 5.74) is 0. The standard InChI is InChI=1S/C14H20BrClN2/c1-3-10-4-6-12(7-5-10)18(2)14-13(15)8-11(16)9-17-14/h8-10,12H,3-7H2,1-2H3. The lowest BCUT2D eigenvalue weighted by Crippen LogP contribution is -2.35. The average Bonchev–Trinajstić information content (AvgIpc) is 2.38. The predicted molar refractivity (Wildman–Crippen MR) is 81.4 cm³/mol. The van der Waals surface area contributed by atoms with Gasteiger partial charge in [0.25, 0.3) is 0 Å². The van der Waals surface area contributed by atoms with Crippen LogP contribution in [0.2, 0.25) is 5.02 Å². The van der Waals surface area contributed by atoms with E-state index in [4.69, 9.17) is 11.6 Å². The van der Waals surface area contributed by atoms with E-state index in [0.29, 0.717) is 11.1 Å². The van der Waals surface area contributed by atoms with Crippen LogP contribution in [0.1, 0.15) is 39.0 Å². The molecule has 18 heavy (non-hydrogen) atoms. The van der Waals surface area contributed by atoms with E-state index >= 15 is 0 Å². The molecule has 1 heterocycles. The summed E-state index contributed by atoms with van der Waals surface area (Å²) >= 11 is 9.49. The molecule has 100 valence electrons. The van der Waals surface area contributed by atoms with Gasteiger partial charge in [-0.3, -0.25) is 0 Å². The first-order valence-corrected chi connectivity index (χ1v) is 7.82. The van der Waals surface area contributed by atoms with Crippen LogP contribution in [0.3, 0.4) is 0 Å². The molecule has 1 fully saturated rings. The molecule has 1 aromatic heterocycles. The molecular weight excluding hydrogens is 312 g/mol. The third-order valence-electron chi connectivity index (χ3n) is 4.06. The van der Waals surface area contributed by atoms with Crippen LogP contribution >= 0.6 is 27.5 Å². The zero-order valence-corrected chi connectivity index (χ0v) is 13.3. The quantitative estimate of drug-likeness (QED) is 0.783. The van der Waals surface area contributed by atoms with Gasteiger partial charge in [-0.25, -0.2) is 4.98 Å². The summed E-state index contributed by atoms with van der Waals surface area (Å²) in [4.78, 5) is 6.74. The number of nitrogens with zero attached hydrogens (tertiary/aromatic N) is 2. The smallest absolute Gasteiger partial charge is 0.142 e. The maximum absolute atomic E-state index is 5.93. The number of anilines is 1. The predicted octanol–water partition coefficient (Wildman–Crippen LogP) is 4.90. The van der Waals surface area contributed by atoms with Crippen LogP contribution in [0.15, 0.2) is 16.7 Å². The Bertz CT molecular complexity index is 403. The lowest BCUT2D eigenvalue weighted by Gasteiger charge is -2.35. The van der Waals surface area contributed by atoms with Crippen molar-refractivity contribution in [3.63, 3.8) is 0 Å². The molecule has 0 amide bonds. The van der Waals surface area contributed by atoms with Crippen molar-refractivity contribution >= 4 is 33.3 Å². The SMILES string of the molecule is CCC1CCC(N(C)c2ncc(Cl)cc2Br)CC1.